The van der Waals surface area contributed by atoms with Gasteiger partial charge in [0.05, 0.1) is 12.2 Å². The smallest absolute Gasteiger partial charge is 0.303 e. The molecule has 7 atom stereocenters. The Morgan fingerprint density at radius 1 is 1.02 bits per heavy atom. The lowest BCUT2D eigenvalue weighted by Gasteiger charge is -2.61. The molecule has 5 rings (SSSR count). The SMILES string of the molecule is C[C@]12CCC(=O)C=C1C[C@@H](CCCCc1cccc(OCCCCC(=O)O)c1)C1C2CC[C@@]2(C)C1CC[C@]2(C)O. The van der Waals surface area contributed by atoms with Gasteiger partial charge in [0.1, 0.15) is 5.75 Å². The van der Waals surface area contributed by atoms with E-state index in [1.165, 1.54) is 30.4 Å². The average Bonchev–Trinajstić information content (AvgIpc) is 3.15. The van der Waals surface area contributed by atoms with Crippen LogP contribution in [0.1, 0.15) is 110 Å². The van der Waals surface area contributed by atoms with E-state index in [1.807, 2.05) is 12.1 Å². The standard InChI is InChI=1S/C35H50O5/c1-33-17-14-27(36)23-26(33)22-25(32-29(33)15-18-34(2)30(32)16-19-35(34,3)39)11-5-4-9-24-10-8-12-28(21-24)40-20-7-6-13-31(37)38/h8,10,12,21,23,25,29-30,32,39H,4-7,9,11,13-20,22H2,1-3H3,(H,37,38)/t25-,29?,30?,32?,33+,34+,35+/m1/s1. The van der Waals surface area contributed by atoms with Gasteiger partial charge in [0.15, 0.2) is 5.78 Å². The Morgan fingerprint density at radius 2 is 1.82 bits per heavy atom. The third-order valence-corrected chi connectivity index (χ3v) is 11.9. The minimum atomic E-state index is -0.753. The van der Waals surface area contributed by atoms with Crippen molar-refractivity contribution in [2.45, 2.75) is 116 Å². The Morgan fingerprint density at radius 3 is 2.62 bits per heavy atom. The van der Waals surface area contributed by atoms with Gasteiger partial charge >= 0.3 is 5.97 Å². The van der Waals surface area contributed by atoms with Crippen LogP contribution in [0.15, 0.2) is 35.9 Å². The van der Waals surface area contributed by atoms with E-state index in [1.54, 1.807) is 0 Å². The molecule has 0 aliphatic heterocycles. The van der Waals surface area contributed by atoms with E-state index < -0.39 is 11.6 Å². The first-order valence-electron chi connectivity index (χ1n) is 15.9. The van der Waals surface area contributed by atoms with Crippen LogP contribution < -0.4 is 4.74 Å². The highest BCUT2D eigenvalue weighted by Gasteiger charge is 2.64. The van der Waals surface area contributed by atoms with Crippen molar-refractivity contribution < 1.29 is 24.5 Å². The lowest BCUT2D eigenvalue weighted by molar-refractivity contribution is -0.137. The predicted molar refractivity (Wildman–Crippen MR) is 157 cm³/mol. The molecule has 4 aliphatic rings. The van der Waals surface area contributed by atoms with Gasteiger partial charge in [-0.25, -0.2) is 0 Å². The molecule has 1 aromatic rings. The zero-order valence-corrected chi connectivity index (χ0v) is 24.9. The molecular formula is C35H50O5. The minimum absolute atomic E-state index is 0.00252. The molecule has 5 heteroatoms. The van der Waals surface area contributed by atoms with Crippen LogP contribution in [0, 0.1) is 34.5 Å². The number of allylic oxidation sites excluding steroid dienone is 1. The summed E-state index contributed by atoms with van der Waals surface area (Å²) >= 11 is 0. The van der Waals surface area contributed by atoms with Gasteiger partial charge in [-0.05, 0) is 136 Å². The number of rotatable bonds is 11. The number of fused-ring (bicyclic) bond motifs is 5. The van der Waals surface area contributed by atoms with Crippen molar-refractivity contribution in [1.29, 1.82) is 0 Å². The van der Waals surface area contributed by atoms with E-state index in [-0.39, 0.29) is 17.3 Å². The fourth-order valence-electron chi connectivity index (χ4n) is 9.34. The van der Waals surface area contributed by atoms with Crippen molar-refractivity contribution in [1.82, 2.24) is 0 Å². The van der Waals surface area contributed by atoms with E-state index in [0.29, 0.717) is 48.9 Å². The second-order valence-corrected chi connectivity index (χ2v) is 14.2. The number of carbonyl (C=O) groups excluding carboxylic acids is 1. The summed E-state index contributed by atoms with van der Waals surface area (Å²) in [7, 11) is 0. The Hall–Kier alpha value is -2.14. The third kappa shape index (κ3) is 5.65. The van der Waals surface area contributed by atoms with Crippen LogP contribution in [0.5, 0.6) is 5.75 Å². The maximum atomic E-state index is 12.5. The van der Waals surface area contributed by atoms with Crippen LogP contribution >= 0.6 is 0 Å². The predicted octanol–water partition coefficient (Wildman–Crippen LogP) is 7.54. The number of carbonyl (C=O) groups is 2. The number of carboxylic acid groups (broad SMARTS) is 1. The first kappa shape index (κ1) is 29.4. The molecule has 220 valence electrons. The molecule has 3 unspecified atom stereocenters. The van der Waals surface area contributed by atoms with Crippen LogP contribution in [0.25, 0.3) is 0 Å². The second kappa shape index (κ2) is 11.6. The summed E-state index contributed by atoms with van der Waals surface area (Å²) in [6.07, 6.45) is 15.2. The molecule has 0 saturated heterocycles. The molecule has 4 aliphatic carbocycles. The van der Waals surface area contributed by atoms with E-state index in [0.717, 1.165) is 57.1 Å². The fourth-order valence-corrected chi connectivity index (χ4v) is 9.34. The molecular weight excluding hydrogens is 500 g/mol. The molecule has 0 radical (unpaired) electrons. The van der Waals surface area contributed by atoms with E-state index in [4.69, 9.17) is 9.84 Å². The summed E-state index contributed by atoms with van der Waals surface area (Å²) in [6.45, 7) is 7.46. The summed E-state index contributed by atoms with van der Waals surface area (Å²) in [6, 6.07) is 8.33. The van der Waals surface area contributed by atoms with Crippen LogP contribution in [0.3, 0.4) is 0 Å². The number of hydrogen-bond donors (Lipinski definition) is 2. The van der Waals surface area contributed by atoms with Crippen molar-refractivity contribution in [3.05, 3.63) is 41.5 Å². The number of ketones is 1. The van der Waals surface area contributed by atoms with Gasteiger partial charge < -0.3 is 14.9 Å². The average molecular weight is 551 g/mol. The number of aryl methyl sites for hydroxylation is 1. The Labute approximate surface area is 240 Å². The summed E-state index contributed by atoms with van der Waals surface area (Å²) in [4.78, 5) is 23.2. The van der Waals surface area contributed by atoms with Crippen LogP contribution in [0.4, 0.5) is 0 Å². The maximum absolute atomic E-state index is 12.5. The maximum Gasteiger partial charge on any atom is 0.303 e. The summed E-state index contributed by atoms with van der Waals surface area (Å²) in [5, 5.41) is 20.2. The molecule has 5 nitrogen and oxygen atoms in total. The van der Waals surface area contributed by atoms with E-state index >= 15 is 0 Å². The molecule has 0 spiro atoms. The molecule has 40 heavy (non-hydrogen) atoms. The summed E-state index contributed by atoms with van der Waals surface area (Å²) in [5.74, 6) is 2.86. The number of aliphatic hydroxyl groups is 1. The van der Waals surface area contributed by atoms with Gasteiger partial charge in [-0.1, -0.05) is 38.0 Å². The molecule has 3 saturated carbocycles. The fraction of sp³-hybridized carbons (Fsp3) is 0.714. The van der Waals surface area contributed by atoms with Crippen LogP contribution in [0.2, 0.25) is 0 Å². The second-order valence-electron chi connectivity index (χ2n) is 14.2. The molecule has 0 bridgehead atoms. The number of benzene rings is 1. The number of aliphatic carboxylic acids is 1. The first-order chi connectivity index (χ1) is 19.0. The largest absolute Gasteiger partial charge is 0.494 e. The highest BCUT2D eigenvalue weighted by Crippen LogP contribution is 2.69. The summed E-state index contributed by atoms with van der Waals surface area (Å²) < 4.78 is 5.88. The van der Waals surface area contributed by atoms with Gasteiger partial charge in [-0.3, -0.25) is 9.59 Å². The van der Waals surface area contributed by atoms with Crippen LogP contribution in [-0.2, 0) is 16.0 Å². The first-order valence-corrected chi connectivity index (χ1v) is 15.9. The summed E-state index contributed by atoms with van der Waals surface area (Å²) in [5.41, 5.74) is 2.30. The highest BCUT2D eigenvalue weighted by atomic mass is 16.5. The molecule has 2 N–H and O–H groups in total. The van der Waals surface area contributed by atoms with Crippen LogP contribution in [-0.4, -0.2) is 34.2 Å². The highest BCUT2D eigenvalue weighted by molar-refractivity contribution is 5.91. The Kier molecular flexibility index (Phi) is 8.53. The van der Waals surface area contributed by atoms with Crippen molar-refractivity contribution in [2.75, 3.05) is 6.61 Å². The number of hydrogen-bond acceptors (Lipinski definition) is 4. The topological polar surface area (TPSA) is 83.8 Å². The zero-order valence-electron chi connectivity index (χ0n) is 24.9. The van der Waals surface area contributed by atoms with Crippen molar-refractivity contribution in [2.24, 2.45) is 34.5 Å². The molecule has 1 aromatic carbocycles. The zero-order chi connectivity index (χ0) is 28.5. The molecule has 0 amide bonds. The van der Waals surface area contributed by atoms with Gasteiger partial charge in [-0.15, -0.1) is 0 Å². The Balaban J connectivity index is 1.22. The van der Waals surface area contributed by atoms with Gasteiger partial charge in [0, 0.05) is 12.8 Å². The van der Waals surface area contributed by atoms with Crippen molar-refractivity contribution in [3.63, 3.8) is 0 Å². The minimum Gasteiger partial charge on any atom is -0.494 e. The Bertz CT molecular complexity index is 1120. The monoisotopic (exact) mass is 550 g/mol. The number of unbranched alkanes of at least 4 members (excludes halogenated alkanes) is 2. The number of carboxylic acids is 1. The molecule has 0 aromatic heterocycles. The lowest BCUT2D eigenvalue weighted by atomic mass is 9.44. The molecule has 3 fully saturated rings. The quantitative estimate of drug-likeness (QED) is 0.278. The van der Waals surface area contributed by atoms with Gasteiger partial charge in [-0.2, -0.15) is 0 Å². The lowest BCUT2D eigenvalue weighted by Crippen LogP contribution is -2.56. The normalized spacial score (nSPS) is 36.8. The number of ether oxygens (including phenoxy) is 1. The van der Waals surface area contributed by atoms with E-state index in [9.17, 15) is 14.7 Å². The third-order valence-electron chi connectivity index (χ3n) is 11.9. The molecule has 0 heterocycles. The van der Waals surface area contributed by atoms with Crippen molar-refractivity contribution >= 4 is 11.8 Å². The van der Waals surface area contributed by atoms with Crippen molar-refractivity contribution in [3.8, 4) is 5.75 Å². The van der Waals surface area contributed by atoms with E-state index in [2.05, 4.69) is 39.0 Å². The van der Waals surface area contributed by atoms with Gasteiger partial charge in [0.25, 0.3) is 0 Å². The van der Waals surface area contributed by atoms with Gasteiger partial charge in [0.2, 0.25) is 0 Å².